The molecule has 0 spiro atoms. The lowest BCUT2D eigenvalue weighted by molar-refractivity contribution is 0.439. The summed E-state index contributed by atoms with van der Waals surface area (Å²) in [7, 11) is 0. The molecule has 1 heterocycles. The Morgan fingerprint density at radius 2 is 0.880 bits per heavy atom. The van der Waals surface area contributed by atoms with Gasteiger partial charge < -0.3 is 4.57 Å². The third-order valence-corrected chi connectivity index (χ3v) is 12.9. The standard InChI is InChI=1S/C49H29N/c1-3-12-29(13-4-1)33-26-27-40-45-34(33)18-9-21-37(45)48-35-19-7-14-30-28-31-15-8-20-36(44(31)43(30)35)49(40,48)39-23-11-25-42-47(39)46-38(48)22-10-24-41(46)50(42)32-16-5-2-6-17-32/h1-27H,28H2. The van der Waals surface area contributed by atoms with Crippen LogP contribution in [0.4, 0.5) is 0 Å². The first-order chi connectivity index (χ1) is 24.8. The monoisotopic (exact) mass is 631 g/mol. The van der Waals surface area contributed by atoms with Gasteiger partial charge in [-0.05, 0) is 108 Å². The molecule has 0 saturated heterocycles. The van der Waals surface area contributed by atoms with E-state index in [1.54, 1.807) is 0 Å². The van der Waals surface area contributed by atoms with Crippen molar-refractivity contribution in [2.45, 2.75) is 17.3 Å². The van der Waals surface area contributed by atoms with Crippen molar-refractivity contribution in [1.29, 1.82) is 0 Å². The molecule has 8 aromatic carbocycles. The molecule has 0 radical (unpaired) electrons. The van der Waals surface area contributed by atoms with Crippen LogP contribution in [-0.4, -0.2) is 4.57 Å². The van der Waals surface area contributed by atoms with Crippen LogP contribution in [0.5, 0.6) is 0 Å². The van der Waals surface area contributed by atoms with Crippen molar-refractivity contribution in [2.24, 2.45) is 0 Å². The lowest BCUT2D eigenvalue weighted by Gasteiger charge is -2.55. The van der Waals surface area contributed by atoms with Gasteiger partial charge in [-0.25, -0.2) is 0 Å². The van der Waals surface area contributed by atoms with E-state index in [-0.39, 0.29) is 0 Å². The highest BCUT2D eigenvalue weighted by Crippen LogP contribution is 2.75. The van der Waals surface area contributed by atoms with Crippen molar-refractivity contribution in [3.63, 3.8) is 0 Å². The lowest BCUT2D eigenvalue weighted by atomic mass is 9.44. The van der Waals surface area contributed by atoms with Gasteiger partial charge in [0.15, 0.2) is 0 Å². The highest BCUT2D eigenvalue weighted by atomic mass is 15.0. The summed E-state index contributed by atoms with van der Waals surface area (Å²) in [5, 5.41) is 5.54. The van der Waals surface area contributed by atoms with Crippen molar-refractivity contribution in [1.82, 2.24) is 4.57 Å². The van der Waals surface area contributed by atoms with Crippen LogP contribution in [0.1, 0.15) is 44.5 Å². The van der Waals surface area contributed by atoms with E-state index in [2.05, 4.69) is 168 Å². The van der Waals surface area contributed by atoms with Crippen LogP contribution in [0.15, 0.2) is 164 Å². The van der Waals surface area contributed by atoms with Gasteiger partial charge in [0.25, 0.3) is 0 Å². The van der Waals surface area contributed by atoms with Crippen LogP contribution in [0.3, 0.4) is 0 Å². The summed E-state index contributed by atoms with van der Waals surface area (Å²) in [5.41, 5.74) is 19.9. The predicted molar refractivity (Wildman–Crippen MR) is 205 cm³/mol. The summed E-state index contributed by atoms with van der Waals surface area (Å²) in [4.78, 5) is 0. The minimum absolute atomic E-state index is 0.463. The normalized spacial score (nSPS) is 19.7. The Morgan fingerprint density at radius 1 is 0.380 bits per heavy atom. The second-order valence-corrected chi connectivity index (χ2v) is 14.7. The molecule has 1 heteroatoms. The Hall–Kier alpha value is -6.18. The minimum Gasteiger partial charge on any atom is -0.309 e. The molecule has 0 saturated carbocycles. The van der Waals surface area contributed by atoms with E-state index in [4.69, 9.17) is 0 Å². The Labute approximate surface area is 289 Å². The zero-order chi connectivity index (χ0) is 32.3. The summed E-state index contributed by atoms with van der Waals surface area (Å²) < 4.78 is 2.51. The van der Waals surface area contributed by atoms with Crippen LogP contribution in [0, 0.1) is 0 Å². The zero-order valence-electron chi connectivity index (χ0n) is 27.2. The minimum atomic E-state index is -0.463. The summed E-state index contributed by atoms with van der Waals surface area (Å²) in [5.74, 6) is 0. The van der Waals surface area contributed by atoms with E-state index < -0.39 is 10.8 Å². The largest absolute Gasteiger partial charge is 0.309 e. The Kier molecular flexibility index (Phi) is 4.39. The summed E-state index contributed by atoms with van der Waals surface area (Å²) >= 11 is 0. The zero-order valence-corrected chi connectivity index (χ0v) is 27.2. The molecule has 0 bridgehead atoms. The fourth-order valence-corrected chi connectivity index (χ4v) is 11.5. The van der Waals surface area contributed by atoms with Crippen LogP contribution < -0.4 is 0 Å². The maximum absolute atomic E-state index is 2.51. The van der Waals surface area contributed by atoms with E-state index in [1.165, 1.54) is 105 Å². The van der Waals surface area contributed by atoms with E-state index >= 15 is 0 Å². The third kappa shape index (κ3) is 2.53. The molecule has 50 heavy (non-hydrogen) atoms. The number of para-hydroxylation sites is 1. The molecule has 4 aliphatic carbocycles. The van der Waals surface area contributed by atoms with Crippen LogP contribution >= 0.6 is 0 Å². The van der Waals surface area contributed by atoms with Crippen LogP contribution in [-0.2, 0) is 17.3 Å². The van der Waals surface area contributed by atoms with Gasteiger partial charge >= 0.3 is 0 Å². The number of hydrogen-bond acceptors (Lipinski definition) is 0. The Balaban J connectivity index is 1.33. The SMILES string of the molecule is c1ccc(-c2ccc3c4c(cccc24)C24c5cccc6c5-c5c(cccc5C32c2cccc3c2c2c4cccc2n3-c2ccccc2)C6)cc1. The van der Waals surface area contributed by atoms with Gasteiger partial charge in [0.2, 0.25) is 0 Å². The Bertz CT molecular complexity index is 2870. The maximum Gasteiger partial charge on any atom is 0.0648 e. The number of benzene rings is 8. The van der Waals surface area contributed by atoms with Crippen molar-refractivity contribution in [3.8, 4) is 27.9 Å². The Morgan fingerprint density at radius 3 is 1.50 bits per heavy atom. The molecular formula is C49H29N. The first-order valence-corrected chi connectivity index (χ1v) is 17.8. The quantitative estimate of drug-likeness (QED) is 0.179. The van der Waals surface area contributed by atoms with Crippen LogP contribution in [0.25, 0.3) is 60.5 Å². The van der Waals surface area contributed by atoms with Gasteiger partial charge in [-0.15, -0.1) is 0 Å². The fourth-order valence-electron chi connectivity index (χ4n) is 11.5. The average molecular weight is 632 g/mol. The number of hydrogen-bond donors (Lipinski definition) is 0. The van der Waals surface area contributed by atoms with Gasteiger partial charge in [0.1, 0.15) is 0 Å². The molecule has 0 N–H and O–H groups in total. The molecule has 2 atom stereocenters. The second-order valence-electron chi connectivity index (χ2n) is 14.7. The molecule has 1 aromatic heterocycles. The van der Waals surface area contributed by atoms with E-state index in [0.717, 1.165) is 6.42 Å². The molecule has 0 aliphatic heterocycles. The van der Waals surface area contributed by atoms with Crippen molar-refractivity contribution >= 4 is 32.6 Å². The number of aromatic nitrogens is 1. The molecule has 1 nitrogen and oxygen atoms in total. The van der Waals surface area contributed by atoms with Gasteiger partial charge in [-0.2, -0.15) is 0 Å². The van der Waals surface area contributed by atoms with Crippen molar-refractivity contribution in [3.05, 3.63) is 208 Å². The second kappa shape index (κ2) is 8.51. The molecule has 0 amide bonds. The molecular weight excluding hydrogens is 603 g/mol. The predicted octanol–water partition coefficient (Wildman–Crippen LogP) is 11.5. The maximum atomic E-state index is 2.51. The summed E-state index contributed by atoms with van der Waals surface area (Å²) in [6.45, 7) is 0. The first-order valence-electron chi connectivity index (χ1n) is 17.8. The highest BCUT2D eigenvalue weighted by Gasteiger charge is 2.68. The lowest BCUT2D eigenvalue weighted by Crippen LogP contribution is -2.53. The van der Waals surface area contributed by atoms with Crippen molar-refractivity contribution < 1.29 is 0 Å². The summed E-state index contributed by atoms with van der Waals surface area (Å²) in [6, 6.07) is 62.7. The van der Waals surface area contributed by atoms with Crippen LogP contribution in [0.2, 0.25) is 0 Å². The van der Waals surface area contributed by atoms with Crippen molar-refractivity contribution in [2.75, 3.05) is 0 Å². The van der Waals surface area contributed by atoms with E-state index in [0.29, 0.717) is 0 Å². The molecule has 0 fully saturated rings. The van der Waals surface area contributed by atoms with Gasteiger partial charge in [0, 0.05) is 16.5 Å². The third-order valence-electron chi connectivity index (χ3n) is 12.9. The molecule has 4 aliphatic rings. The van der Waals surface area contributed by atoms with E-state index in [9.17, 15) is 0 Å². The molecule has 230 valence electrons. The number of rotatable bonds is 2. The van der Waals surface area contributed by atoms with E-state index in [1.807, 2.05) is 0 Å². The number of nitrogens with zero attached hydrogens (tertiary/aromatic N) is 1. The average Bonchev–Trinajstić information content (AvgIpc) is 3.82. The summed E-state index contributed by atoms with van der Waals surface area (Å²) in [6.07, 6.45) is 0.990. The van der Waals surface area contributed by atoms with Gasteiger partial charge in [0.05, 0.1) is 21.9 Å². The topological polar surface area (TPSA) is 4.93 Å². The first kappa shape index (κ1) is 25.8. The fraction of sp³-hybridized carbons (Fsp3) is 0.0612. The smallest absolute Gasteiger partial charge is 0.0648 e. The molecule has 2 unspecified atom stereocenters. The van der Waals surface area contributed by atoms with Gasteiger partial charge in [-0.3, -0.25) is 0 Å². The highest BCUT2D eigenvalue weighted by molar-refractivity contribution is 6.20. The molecule has 9 aromatic rings. The van der Waals surface area contributed by atoms with Gasteiger partial charge in [-0.1, -0.05) is 140 Å². The molecule has 13 rings (SSSR count).